The lowest BCUT2D eigenvalue weighted by atomic mass is 9.86. The van der Waals surface area contributed by atoms with E-state index in [0.717, 1.165) is 70.6 Å². The summed E-state index contributed by atoms with van der Waals surface area (Å²) in [5.74, 6) is 1.54. The molecule has 246 valence electrons. The molecule has 2 aliphatic heterocycles. The number of aliphatic hydroxyl groups excluding tert-OH is 1. The highest BCUT2D eigenvalue weighted by molar-refractivity contribution is 7.92. The Bertz CT molecular complexity index is 820. The van der Waals surface area contributed by atoms with Gasteiger partial charge in [0.1, 0.15) is 6.10 Å². The predicted octanol–water partition coefficient (Wildman–Crippen LogP) is 5.91. The van der Waals surface area contributed by atoms with Crippen LogP contribution in [0.5, 0.6) is 0 Å². The van der Waals surface area contributed by atoms with Gasteiger partial charge in [-0.1, -0.05) is 26.7 Å². The molecule has 4 rings (SSSR count). The summed E-state index contributed by atoms with van der Waals surface area (Å²) in [6, 6.07) is 0. The first-order valence-electron chi connectivity index (χ1n) is 15.7. The van der Waals surface area contributed by atoms with E-state index in [-0.39, 0.29) is 52.1 Å². The number of hydrogen-bond donors (Lipinski definition) is 1. The molecular weight excluding hydrogens is 648 g/mol. The zero-order chi connectivity index (χ0) is 30.8. The number of carbonyl (C=O) groups is 1. The zero-order valence-corrected chi connectivity index (χ0v) is 32.2. The standard InChI is InChI=1S/C13H28BO4P3.C13H26BO4P3.2H2/c2*1-2-3-8(18-21)4-5-9-10-6-13(15)16-11(10)7-12(9)17-14(19)20;;/h8-13,15H,2-7,19-21H2,1H3;8-12H,2-7,19-21H2,1H3;2*1H/t8-,9+,10+,11-,12+,13?;8-,9+,10+,11-,12+;;/m00../s1/i;;2*1+2. The monoisotopic (exact) mass is 710 g/mol. The number of aliphatic hydroxyl groups is 1. The fourth-order valence-corrected chi connectivity index (χ4v) is 8.89. The summed E-state index contributed by atoms with van der Waals surface area (Å²) < 4.78 is 34.1. The van der Waals surface area contributed by atoms with Crippen molar-refractivity contribution >= 4 is 74.1 Å². The van der Waals surface area contributed by atoms with Gasteiger partial charge in [0.05, 0.1) is 24.7 Å². The number of carbonyl (C=O) groups excluding carboxylic acids is 1. The summed E-state index contributed by atoms with van der Waals surface area (Å²) in [7, 11) is 15.4. The van der Waals surface area contributed by atoms with E-state index in [9.17, 15) is 9.90 Å². The molecule has 0 amide bonds. The smallest absolute Gasteiger partial charge is 0.336 e. The van der Waals surface area contributed by atoms with E-state index in [1.165, 1.54) is 0 Å². The Kier molecular flexibility index (Phi) is 18.0. The van der Waals surface area contributed by atoms with E-state index in [0.29, 0.717) is 36.2 Å². The van der Waals surface area contributed by atoms with Gasteiger partial charge in [0.25, 0.3) is 0 Å². The van der Waals surface area contributed by atoms with E-state index >= 15 is 0 Å². The van der Waals surface area contributed by atoms with E-state index in [1.54, 1.807) is 0 Å². The van der Waals surface area contributed by atoms with Gasteiger partial charge in [0.2, 0.25) is 0 Å². The number of hydrogen-bond acceptors (Lipinski definition) is 8. The van der Waals surface area contributed by atoms with Gasteiger partial charge in [-0.05, 0) is 62.7 Å². The molecule has 1 N–H and O–H groups in total. The maximum Gasteiger partial charge on any atom is 0.336 e. The average molecular weight is 710 g/mol. The molecule has 2 aliphatic carbocycles. The number of fused-ring (bicyclic) bond motifs is 2. The lowest BCUT2D eigenvalue weighted by molar-refractivity contribution is -0.141. The Morgan fingerprint density at radius 3 is 1.81 bits per heavy atom. The highest BCUT2D eigenvalue weighted by Gasteiger charge is 2.51. The summed E-state index contributed by atoms with van der Waals surface area (Å²) in [5.41, 5.74) is 0. The Morgan fingerprint density at radius 2 is 1.33 bits per heavy atom. The molecular formula is C26H58B2O8P6. The SMILES string of the molecule is CCC[C@@H](CC[C@@H]1[C@H]2CC(=O)O[C@H]2C[C@H]1OB(P)P)OP.CCC[C@@H](CC[C@@H]1[C@H]2CC(O)O[C@H]2C[C@H]1OB(P)P)OP.[3HH].[3HH]. The van der Waals surface area contributed by atoms with Crippen molar-refractivity contribution < 1.29 is 40.6 Å². The van der Waals surface area contributed by atoms with Crippen LogP contribution in [-0.4, -0.2) is 66.7 Å². The van der Waals surface area contributed by atoms with Crippen molar-refractivity contribution in [1.29, 1.82) is 0 Å². The second-order valence-electron chi connectivity index (χ2n) is 12.3. The Balaban J connectivity index is 0.000000421. The van der Waals surface area contributed by atoms with Gasteiger partial charge in [-0.25, -0.2) is 0 Å². The molecule has 8 nitrogen and oxygen atoms in total. The van der Waals surface area contributed by atoms with Crippen LogP contribution in [0.15, 0.2) is 0 Å². The van der Waals surface area contributed by atoms with Crippen LogP contribution in [0.2, 0.25) is 0 Å². The molecule has 0 aromatic rings. The van der Waals surface area contributed by atoms with Crippen molar-refractivity contribution in [1.82, 2.24) is 0 Å². The van der Waals surface area contributed by atoms with Gasteiger partial charge in [-0.3, -0.25) is 4.79 Å². The summed E-state index contributed by atoms with van der Waals surface area (Å²) in [5, 5.41) is 9.73. The van der Waals surface area contributed by atoms with Crippen LogP contribution < -0.4 is 0 Å². The van der Waals surface area contributed by atoms with Gasteiger partial charge < -0.3 is 32.9 Å². The second kappa shape index (κ2) is 19.7. The Labute approximate surface area is 271 Å². The van der Waals surface area contributed by atoms with Crippen molar-refractivity contribution in [3.63, 3.8) is 0 Å². The predicted molar refractivity (Wildman–Crippen MR) is 195 cm³/mol. The molecule has 42 heavy (non-hydrogen) atoms. The maximum atomic E-state index is 11.5. The second-order valence-corrected chi connectivity index (χ2v) is 17.0. The zero-order valence-electron chi connectivity index (χ0n) is 25.3. The summed E-state index contributed by atoms with van der Waals surface area (Å²) >= 11 is 0. The van der Waals surface area contributed by atoms with Crippen LogP contribution in [0.3, 0.4) is 0 Å². The summed E-state index contributed by atoms with van der Waals surface area (Å²) in [6.45, 7) is 4.35. The molecule has 4 aliphatic rings. The van der Waals surface area contributed by atoms with Gasteiger partial charge in [0, 0.05) is 52.8 Å². The molecule has 2 heterocycles. The minimum atomic E-state index is -0.587. The van der Waals surface area contributed by atoms with Gasteiger partial charge in [0.15, 0.2) is 6.29 Å². The van der Waals surface area contributed by atoms with Crippen LogP contribution in [0.4, 0.5) is 0 Å². The molecule has 16 heteroatoms. The molecule has 0 aromatic heterocycles. The number of ether oxygens (including phenoxy) is 2. The molecule has 17 atom stereocenters. The minimum absolute atomic E-state index is 0. The first-order valence-corrected chi connectivity index (χ1v) is 19.3. The molecule has 2 saturated heterocycles. The first-order chi connectivity index (χ1) is 20.1. The van der Waals surface area contributed by atoms with Crippen molar-refractivity contribution in [2.45, 2.75) is 134 Å². The average Bonchev–Trinajstić information content (AvgIpc) is 3.63. The van der Waals surface area contributed by atoms with Gasteiger partial charge in [-0.2, -0.15) is 0 Å². The Morgan fingerprint density at radius 1 is 0.833 bits per heavy atom. The molecule has 0 spiro atoms. The normalized spacial score (nSPS) is 34.8. The largest absolute Gasteiger partial charge is 0.462 e. The molecule has 0 radical (unpaired) electrons. The highest BCUT2D eigenvalue weighted by Crippen LogP contribution is 2.47. The molecule has 4 fully saturated rings. The fourth-order valence-electron chi connectivity index (χ4n) is 7.54. The maximum absolute atomic E-state index is 11.5. The highest BCUT2D eigenvalue weighted by atomic mass is 31.1. The third-order valence-electron chi connectivity index (χ3n) is 9.34. The van der Waals surface area contributed by atoms with Crippen LogP contribution >= 0.6 is 55.4 Å². The first kappa shape index (κ1) is 38.4. The van der Waals surface area contributed by atoms with Crippen molar-refractivity contribution in [2.75, 3.05) is 0 Å². The van der Waals surface area contributed by atoms with Crippen LogP contribution in [0, 0.1) is 23.7 Å². The van der Waals surface area contributed by atoms with Crippen molar-refractivity contribution in [3.8, 4) is 0 Å². The van der Waals surface area contributed by atoms with Gasteiger partial charge in [-0.15, -0.1) is 36.5 Å². The molecule has 7 unspecified atom stereocenters. The van der Waals surface area contributed by atoms with Crippen LogP contribution in [0.25, 0.3) is 0 Å². The third kappa shape index (κ3) is 11.6. The third-order valence-corrected chi connectivity index (χ3v) is 10.7. The lowest BCUT2D eigenvalue weighted by Crippen LogP contribution is -2.27. The molecule has 0 aromatic carbocycles. The van der Waals surface area contributed by atoms with E-state index in [4.69, 9.17) is 27.8 Å². The Hall–Kier alpha value is 1.94. The topological polar surface area (TPSA) is 92.7 Å². The van der Waals surface area contributed by atoms with Gasteiger partial charge >= 0.3 is 18.7 Å². The van der Waals surface area contributed by atoms with Crippen LogP contribution in [-0.2, 0) is 32.6 Å². The van der Waals surface area contributed by atoms with E-state index in [1.807, 2.05) is 0 Å². The quantitative estimate of drug-likeness (QED) is 0.120. The number of esters is 1. The summed E-state index contributed by atoms with van der Waals surface area (Å²) in [6.07, 6.45) is 12.3. The van der Waals surface area contributed by atoms with Crippen LogP contribution in [0.1, 0.15) is 93.8 Å². The van der Waals surface area contributed by atoms with E-state index in [2.05, 4.69) is 69.3 Å². The summed E-state index contributed by atoms with van der Waals surface area (Å²) in [4.78, 5) is 11.5. The lowest BCUT2D eigenvalue weighted by Gasteiger charge is -2.27. The molecule has 2 saturated carbocycles. The minimum Gasteiger partial charge on any atom is -0.462 e. The van der Waals surface area contributed by atoms with Crippen molar-refractivity contribution in [3.05, 3.63) is 0 Å². The van der Waals surface area contributed by atoms with Crippen molar-refractivity contribution in [2.24, 2.45) is 23.7 Å². The fraction of sp³-hybridized carbons (Fsp3) is 0.962. The number of rotatable bonds is 16. The van der Waals surface area contributed by atoms with E-state index < -0.39 is 6.29 Å². The molecule has 0 bridgehead atoms.